The summed E-state index contributed by atoms with van der Waals surface area (Å²) in [4.78, 5) is 2.17. The van der Waals surface area contributed by atoms with Gasteiger partial charge in [0.15, 0.2) is 0 Å². The summed E-state index contributed by atoms with van der Waals surface area (Å²) in [7, 11) is 2.04. The number of rotatable bonds is 5. The van der Waals surface area contributed by atoms with Crippen molar-refractivity contribution in [2.75, 3.05) is 7.05 Å². The van der Waals surface area contributed by atoms with Gasteiger partial charge >= 0.3 is 0 Å². The Hall–Kier alpha value is -1.36. The van der Waals surface area contributed by atoms with E-state index in [1.165, 1.54) is 0 Å². The van der Waals surface area contributed by atoms with Crippen molar-refractivity contribution < 1.29 is 0 Å². The van der Waals surface area contributed by atoms with Crippen molar-refractivity contribution in [1.82, 2.24) is 4.90 Å². The van der Waals surface area contributed by atoms with Gasteiger partial charge in [0.2, 0.25) is 0 Å². The molecule has 0 aliphatic heterocycles. The number of amidine groups is 1. The summed E-state index contributed by atoms with van der Waals surface area (Å²) >= 11 is 9.65. The van der Waals surface area contributed by atoms with Crippen molar-refractivity contribution in [1.29, 1.82) is 5.41 Å². The van der Waals surface area contributed by atoms with Crippen molar-refractivity contribution in [2.24, 2.45) is 5.73 Å². The molecule has 0 aliphatic rings. The van der Waals surface area contributed by atoms with E-state index in [-0.39, 0.29) is 5.84 Å². The Labute approximate surface area is 138 Å². The quantitative estimate of drug-likeness (QED) is 0.620. The molecule has 110 valence electrons. The summed E-state index contributed by atoms with van der Waals surface area (Å²) in [6, 6.07) is 13.7. The summed E-state index contributed by atoms with van der Waals surface area (Å²) in [6.45, 7) is 1.53. The second kappa shape index (κ2) is 7.07. The fourth-order valence-electron chi connectivity index (χ4n) is 2.15. The first-order valence-electron chi connectivity index (χ1n) is 6.51. The van der Waals surface area contributed by atoms with Gasteiger partial charge in [-0.1, -0.05) is 51.8 Å². The molecule has 2 aromatic rings. The fourth-order valence-corrected chi connectivity index (χ4v) is 2.88. The number of nitrogen functional groups attached to an aromatic ring is 1. The monoisotopic (exact) mass is 365 g/mol. The Morgan fingerprint density at radius 3 is 2.67 bits per heavy atom. The summed E-state index contributed by atoms with van der Waals surface area (Å²) in [5, 5.41) is 8.24. The highest BCUT2D eigenvalue weighted by atomic mass is 79.9. The van der Waals surface area contributed by atoms with Gasteiger partial charge in [-0.25, -0.2) is 0 Å². The van der Waals surface area contributed by atoms with Gasteiger partial charge in [-0.15, -0.1) is 0 Å². The molecular formula is C16H17BrClN3. The average Bonchev–Trinajstić information content (AvgIpc) is 2.42. The molecule has 0 amide bonds. The third kappa shape index (κ3) is 4.56. The standard InChI is InChI=1S/C16H17BrClN3/c1-21(10-13-5-6-14(17)8-15(13)18)9-11-3-2-4-12(7-11)16(19)20/h2-8H,9-10H2,1H3,(H3,19,20). The van der Waals surface area contributed by atoms with E-state index in [1.807, 2.05) is 49.5 Å². The van der Waals surface area contributed by atoms with E-state index in [2.05, 4.69) is 20.8 Å². The lowest BCUT2D eigenvalue weighted by atomic mass is 10.1. The Morgan fingerprint density at radius 1 is 1.24 bits per heavy atom. The van der Waals surface area contributed by atoms with Gasteiger partial charge in [-0.2, -0.15) is 0 Å². The van der Waals surface area contributed by atoms with Crippen LogP contribution in [0.1, 0.15) is 16.7 Å². The SMILES string of the molecule is CN(Cc1cccc(C(=N)N)c1)Cc1ccc(Br)cc1Cl. The van der Waals surface area contributed by atoms with Crippen LogP contribution < -0.4 is 5.73 Å². The van der Waals surface area contributed by atoms with Crippen LogP contribution in [-0.4, -0.2) is 17.8 Å². The van der Waals surface area contributed by atoms with Gasteiger partial charge in [0, 0.05) is 28.1 Å². The van der Waals surface area contributed by atoms with Gasteiger partial charge in [-0.05, 0) is 36.4 Å². The molecule has 3 N–H and O–H groups in total. The van der Waals surface area contributed by atoms with Crippen molar-refractivity contribution >= 4 is 33.4 Å². The maximum atomic E-state index is 7.48. The van der Waals surface area contributed by atoms with E-state index in [4.69, 9.17) is 22.7 Å². The molecule has 2 rings (SSSR count). The number of benzene rings is 2. The molecule has 0 spiro atoms. The maximum absolute atomic E-state index is 7.48. The molecule has 21 heavy (non-hydrogen) atoms. The van der Waals surface area contributed by atoms with Gasteiger partial charge in [0.25, 0.3) is 0 Å². The smallest absolute Gasteiger partial charge is 0.122 e. The molecule has 0 saturated heterocycles. The van der Waals surface area contributed by atoms with Crippen LogP contribution in [0.3, 0.4) is 0 Å². The number of halogens is 2. The first-order chi connectivity index (χ1) is 9.95. The third-order valence-electron chi connectivity index (χ3n) is 3.15. The van der Waals surface area contributed by atoms with E-state index in [0.717, 1.165) is 39.3 Å². The summed E-state index contributed by atoms with van der Waals surface area (Å²) in [5.41, 5.74) is 8.48. The fraction of sp³-hybridized carbons (Fsp3) is 0.188. The van der Waals surface area contributed by atoms with Crippen LogP contribution in [0.5, 0.6) is 0 Å². The Kier molecular flexibility index (Phi) is 5.39. The van der Waals surface area contributed by atoms with Crippen LogP contribution in [0.2, 0.25) is 5.02 Å². The lowest BCUT2D eigenvalue weighted by Crippen LogP contribution is -2.18. The summed E-state index contributed by atoms with van der Waals surface area (Å²) in [6.07, 6.45) is 0. The highest BCUT2D eigenvalue weighted by Gasteiger charge is 2.07. The minimum Gasteiger partial charge on any atom is -0.384 e. The molecule has 0 atom stereocenters. The molecule has 0 bridgehead atoms. The van der Waals surface area contributed by atoms with Crippen LogP contribution in [0.25, 0.3) is 0 Å². The second-order valence-corrected chi connectivity index (χ2v) is 6.34. The highest BCUT2D eigenvalue weighted by molar-refractivity contribution is 9.10. The highest BCUT2D eigenvalue weighted by Crippen LogP contribution is 2.22. The van der Waals surface area contributed by atoms with E-state index >= 15 is 0 Å². The first kappa shape index (κ1) is 16.0. The zero-order chi connectivity index (χ0) is 15.4. The maximum Gasteiger partial charge on any atom is 0.122 e. The minimum atomic E-state index is 0.0930. The van der Waals surface area contributed by atoms with E-state index in [9.17, 15) is 0 Å². The van der Waals surface area contributed by atoms with Gasteiger partial charge in [0.05, 0.1) is 0 Å². The Balaban J connectivity index is 2.06. The van der Waals surface area contributed by atoms with Crippen molar-refractivity contribution in [3.63, 3.8) is 0 Å². The number of hydrogen-bond donors (Lipinski definition) is 2. The molecule has 0 heterocycles. The van der Waals surface area contributed by atoms with Crippen LogP contribution in [-0.2, 0) is 13.1 Å². The van der Waals surface area contributed by atoms with E-state index in [1.54, 1.807) is 0 Å². The minimum absolute atomic E-state index is 0.0930. The van der Waals surface area contributed by atoms with Gasteiger partial charge in [0.1, 0.15) is 5.84 Å². The molecule has 3 nitrogen and oxygen atoms in total. The predicted octanol–water partition coefficient (Wildman–Crippen LogP) is 4.02. The summed E-state index contributed by atoms with van der Waals surface area (Å²) in [5.74, 6) is 0.0930. The van der Waals surface area contributed by atoms with E-state index < -0.39 is 0 Å². The molecular weight excluding hydrogens is 350 g/mol. The number of nitrogens with zero attached hydrogens (tertiary/aromatic N) is 1. The summed E-state index contributed by atoms with van der Waals surface area (Å²) < 4.78 is 0.980. The van der Waals surface area contributed by atoms with E-state index in [0.29, 0.717) is 0 Å². The Bertz CT molecular complexity index is 658. The largest absolute Gasteiger partial charge is 0.384 e. The van der Waals surface area contributed by atoms with Gasteiger partial charge < -0.3 is 5.73 Å². The molecule has 0 fully saturated rings. The van der Waals surface area contributed by atoms with Crippen molar-refractivity contribution in [3.8, 4) is 0 Å². The van der Waals surface area contributed by atoms with Crippen molar-refractivity contribution in [3.05, 3.63) is 68.7 Å². The topological polar surface area (TPSA) is 53.1 Å². The molecule has 0 saturated carbocycles. The lowest BCUT2D eigenvalue weighted by Gasteiger charge is -2.18. The van der Waals surface area contributed by atoms with Crippen LogP contribution in [0, 0.1) is 5.41 Å². The average molecular weight is 367 g/mol. The normalized spacial score (nSPS) is 10.9. The number of nitrogens with two attached hydrogens (primary N) is 1. The first-order valence-corrected chi connectivity index (χ1v) is 7.68. The Morgan fingerprint density at radius 2 is 2.00 bits per heavy atom. The second-order valence-electron chi connectivity index (χ2n) is 5.02. The zero-order valence-corrected chi connectivity index (χ0v) is 14.1. The molecule has 0 aromatic heterocycles. The number of nitrogens with one attached hydrogen (secondary N) is 1. The van der Waals surface area contributed by atoms with Crippen LogP contribution in [0.4, 0.5) is 0 Å². The van der Waals surface area contributed by atoms with Crippen molar-refractivity contribution in [2.45, 2.75) is 13.1 Å². The predicted molar refractivity (Wildman–Crippen MR) is 91.8 cm³/mol. The molecule has 0 unspecified atom stereocenters. The third-order valence-corrected chi connectivity index (χ3v) is 3.99. The molecule has 0 radical (unpaired) electrons. The lowest BCUT2D eigenvalue weighted by molar-refractivity contribution is 0.319. The van der Waals surface area contributed by atoms with Crippen LogP contribution in [0.15, 0.2) is 46.9 Å². The van der Waals surface area contributed by atoms with Crippen LogP contribution >= 0.6 is 27.5 Å². The molecule has 2 aromatic carbocycles. The molecule has 0 aliphatic carbocycles. The zero-order valence-electron chi connectivity index (χ0n) is 11.7. The molecule has 5 heteroatoms. The van der Waals surface area contributed by atoms with Gasteiger partial charge in [-0.3, -0.25) is 10.3 Å². The number of hydrogen-bond acceptors (Lipinski definition) is 2.